The molecule has 0 unspecified atom stereocenters. The van der Waals surface area contributed by atoms with E-state index in [0.717, 1.165) is 44.1 Å². The molecule has 2 aromatic rings. The zero-order valence-corrected chi connectivity index (χ0v) is 14.7. The van der Waals surface area contributed by atoms with Crippen LogP contribution in [0.1, 0.15) is 21.7 Å². The number of hydrogen-bond donors (Lipinski definition) is 2. The first-order valence-corrected chi connectivity index (χ1v) is 8.59. The van der Waals surface area contributed by atoms with E-state index < -0.39 is 5.82 Å². The van der Waals surface area contributed by atoms with Crippen molar-refractivity contribution in [1.29, 1.82) is 0 Å². The molecule has 0 spiro atoms. The van der Waals surface area contributed by atoms with Gasteiger partial charge in [0.15, 0.2) is 0 Å². The van der Waals surface area contributed by atoms with Crippen molar-refractivity contribution >= 4 is 5.91 Å². The molecule has 0 atom stereocenters. The van der Waals surface area contributed by atoms with E-state index in [0.29, 0.717) is 17.8 Å². The lowest BCUT2D eigenvalue weighted by Gasteiger charge is -2.27. The highest BCUT2D eigenvalue weighted by Crippen LogP contribution is 2.17. The van der Waals surface area contributed by atoms with Crippen molar-refractivity contribution in [3.63, 3.8) is 0 Å². The Labute approximate surface area is 147 Å². The minimum Gasteiger partial charge on any atom is -0.351 e. The molecule has 1 fully saturated rings. The summed E-state index contributed by atoms with van der Waals surface area (Å²) in [6, 6.07) is 6.39. The van der Waals surface area contributed by atoms with E-state index in [1.54, 1.807) is 16.8 Å². The van der Waals surface area contributed by atoms with Gasteiger partial charge in [-0.3, -0.25) is 9.69 Å². The van der Waals surface area contributed by atoms with Crippen LogP contribution in [0.15, 0.2) is 24.3 Å². The fourth-order valence-electron chi connectivity index (χ4n) is 3.06. The maximum atomic E-state index is 14.4. The molecule has 0 saturated carbocycles. The molecule has 3 rings (SSSR count). The minimum absolute atomic E-state index is 0.256. The van der Waals surface area contributed by atoms with Crippen molar-refractivity contribution in [2.45, 2.75) is 13.8 Å². The van der Waals surface area contributed by atoms with E-state index in [-0.39, 0.29) is 5.91 Å². The van der Waals surface area contributed by atoms with E-state index in [4.69, 9.17) is 0 Å². The summed E-state index contributed by atoms with van der Waals surface area (Å²) in [6.45, 7) is 9.03. The molecule has 6 nitrogen and oxygen atoms in total. The Morgan fingerprint density at radius 2 is 2.04 bits per heavy atom. The van der Waals surface area contributed by atoms with Crippen LogP contribution in [0.25, 0.3) is 5.69 Å². The van der Waals surface area contributed by atoms with E-state index in [2.05, 4.69) is 20.6 Å². The number of aryl methyl sites for hydroxylation is 2. The molecule has 1 aliphatic heterocycles. The Hall–Kier alpha value is -2.25. The van der Waals surface area contributed by atoms with Crippen molar-refractivity contribution in [2.75, 3.05) is 39.3 Å². The molecular weight excluding hydrogens is 321 g/mol. The fraction of sp³-hybridized carbons (Fsp3) is 0.444. The lowest BCUT2D eigenvalue weighted by atomic mass is 10.2. The number of piperazine rings is 1. The molecule has 2 N–H and O–H groups in total. The molecule has 1 aromatic heterocycles. The highest BCUT2D eigenvalue weighted by Gasteiger charge is 2.14. The van der Waals surface area contributed by atoms with Crippen LogP contribution >= 0.6 is 0 Å². The Kier molecular flexibility index (Phi) is 5.45. The summed E-state index contributed by atoms with van der Waals surface area (Å²) in [5.41, 5.74) is 2.35. The molecule has 1 saturated heterocycles. The highest BCUT2D eigenvalue weighted by atomic mass is 19.1. The van der Waals surface area contributed by atoms with E-state index in [1.165, 1.54) is 6.07 Å². The van der Waals surface area contributed by atoms with Gasteiger partial charge >= 0.3 is 0 Å². The summed E-state index contributed by atoms with van der Waals surface area (Å²) in [7, 11) is 0. The SMILES string of the molecule is Cc1cc(C)n(-c2ccc(C(=O)NCCN3CCNCC3)cc2F)n1. The van der Waals surface area contributed by atoms with Crippen LogP contribution in [-0.4, -0.2) is 59.9 Å². The molecule has 0 aliphatic carbocycles. The second-order valence-electron chi connectivity index (χ2n) is 6.35. The zero-order chi connectivity index (χ0) is 17.8. The number of carbonyl (C=O) groups is 1. The smallest absolute Gasteiger partial charge is 0.251 e. The molecule has 7 heteroatoms. The zero-order valence-electron chi connectivity index (χ0n) is 14.7. The first-order chi connectivity index (χ1) is 12.0. The van der Waals surface area contributed by atoms with Gasteiger partial charge in [0.2, 0.25) is 0 Å². The predicted molar refractivity (Wildman–Crippen MR) is 94.6 cm³/mol. The van der Waals surface area contributed by atoms with Crippen molar-refractivity contribution in [2.24, 2.45) is 0 Å². The second-order valence-corrected chi connectivity index (χ2v) is 6.35. The van der Waals surface area contributed by atoms with Crippen molar-refractivity contribution in [3.05, 3.63) is 47.0 Å². The molecule has 134 valence electrons. The van der Waals surface area contributed by atoms with E-state index in [9.17, 15) is 9.18 Å². The summed E-state index contributed by atoms with van der Waals surface area (Å²) in [5, 5.41) is 10.4. The number of benzene rings is 1. The minimum atomic E-state index is -0.457. The number of rotatable bonds is 5. The Morgan fingerprint density at radius 1 is 1.28 bits per heavy atom. The van der Waals surface area contributed by atoms with Crippen LogP contribution in [-0.2, 0) is 0 Å². The van der Waals surface area contributed by atoms with Crippen LogP contribution in [0.2, 0.25) is 0 Å². The Balaban J connectivity index is 1.61. The van der Waals surface area contributed by atoms with Gasteiger partial charge in [0.05, 0.1) is 5.69 Å². The van der Waals surface area contributed by atoms with Gasteiger partial charge in [-0.2, -0.15) is 5.10 Å². The van der Waals surface area contributed by atoms with Gasteiger partial charge < -0.3 is 10.6 Å². The van der Waals surface area contributed by atoms with Crippen LogP contribution in [0.5, 0.6) is 0 Å². The van der Waals surface area contributed by atoms with Gasteiger partial charge in [-0.25, -0.2) is 9.07 Å². The van der Waals surface area contributed by atoms with Gasteiger partial charge in [-0.1, -0.05) is 0 Å². The largest absolute Gasteiger partial charge is 0.351 e. The van der Waals surface area contributed by atoms with Crippen LogP contribution < -0.4 is 10.6 Å². The van der Waals surface area contributed by atoms with Gasteiger partial charge in [0.1, 0.15) is 11.5 Å². The lowest BCUT2D eigenvalue weighted by Crippen LogP contribution is -2.46. The number of amides is 1. The third kappa shape index (κ3) is 4.24. The summed E-state index contributed by atoms with van der Waals surface area (Å²) in [4.78, 5) is 14.5. The topological polar surface area (TPSA) is 62.2 Å². The van der Waals surface area contributed by atoms with Crippen molar-refractivity contribution < 1.29 is 9.18 Å². The normalized spacial score (nSPS) is 15.3. The predicted octanol–water partition coefficient (Wildman–Crippen LogP) is 1.26. The molecule has 1 aromatic carbocycles. The van der Waals surface area contributed by atoms with Crippen molar-refractivity contribution in [3.8, 4) is 5.69 Å². The maximum absolute atomic E-state index is 14.4. The molecule has 1 amide bonds. The highest BCUT2D eigenvalue weighted by molar-refractivity contribution is 5.94. The number of hydrogen-bond acceptors (Lipinski definition) is 4. The standard InChI is InChI=1S/C18H24FN5O/c1-13-11-14(2)24(22-13)17-4-3-15(12-16(17)19)18(25)21-7-10-23-8-5-20-6-9-23/h3-4,11-12,20H,5-10H2,1-2H3,(H,21,25). The quantitative estimate of drug-likeness (QED) is 0.857. The van der Waals surface area contributed by atoms with Gasteiger partial charge in [-0.15, -0.1) is 0 Å². The summed E-state index contributed by atoms with van der Waals surface area (Å²) >= 11 is 0. The first kappa shape index (κ1) is 17.6. The number of nitrogens with one attached hydrogen (secondary N) is 2. The van der Waals surface area contributed by atoms with Gasteiger partial charge in [-0.05, 0) is 38.1 Å². The van der Waals surface area contributed by atoms with Gasteiger partial charge in [0.25, 0.3) is 5.91 Å². The molecule has 0 radical (unpaired) electrons. The van der Waals surface area contributed by atoms with E-state index >= 15 is 0 Å². The number of halogens is 1. The second kappa shape index (κ2) is 7.76. The average molecular weight is 345 g/mol. The summed E-state index contributed by atoms with van der Waals surface area (Å²) in [5.74, 6) is -0.713. The first-order valence-electron chi connectivity index (χ1n) is 8.59. The van der Waals surface area contributed by atoms with Crippen LogP contribution in [0.3, 0.4) is 0 Å². The van der Waals surface area contributed by atoms with E-state index in [1.807, 2.05) is 19.9 Å². The Morgan fingerprint density at radius 3 is 2.68 bits per heavy atom. The molecular formula is C18H24FN5O. The van der Waals surface area contributed by atoms with Crippen LogP contribution in [0, 0.1) is 19.7 Å². The molecule has 1 aliphatic rings. The molecule has 25 heavy (non-hydrogen) atoms. The van der Waals surface area contributed by atoms with Crippen molar-refractivity contribution in [1.82, 2.24) is 25.3 Å². The third-order valence-electron chi connectivity index (χ3n) is 4.37. The fourth-order valence-corrected chi connectivity index (χ4v) is 3.06. The number of aromatic nitrogens is 2. The molecule has 0 bridgehead atoms. The average Bonchev–Trinajstić information content (AvgIpc) is 2.93. The summed E-state index contributed by atoms with van der Waals surface area (Å²) < 4.78 is 16.0. The Bertz CT molecular complexity index is 752. The van der Waals surface area contributed by atoms with Crippen LogP contribution in [0.4, 0.5) is 4.39 Å². The molecule has 2 heterocycles. The third-order valence-corrected chi connectivity index (χ3v) is 4.37. The van der Waals surface area contributed by atoms with Gasteiger partial charge in [0, 0.05) is 50.5 Å². The summed E-state index contributed by atoms with van der Waals surface area (Å²) in [6.07, 6.45) is 0. The monoisotopic (exact) mass is 345 g/mol. The number of carbonyl (C=O) groups excluding carboxylic acids is 1. The maximum Gasteiger partial charge on any atom is 0.251 e. The lowest BCUT2D eigenvalue weighted by molar-refractivity contribution is 0.0947. The number of nitrogens with zero attached hydrogens (tertiary/aromatic N) is 3.